The van der Waals surface area contributed by atoms with Crippen LogP contribution in [0.3, 0.4) is 0 Å². The van der Waals surface area contributed by atoms with E-state index in [1.165, 1.54) is 16.4 Å². The van der Waals surface area contributed by atoms with Gasteiger partial charge in [0.25, 0.3) is 0 Å². The molecule has 5 nitrogen and oxygen atoms in total. The molecular formula is C15H17Cl2N3O2S2. The summed E-state index contributed by atoms with van der Waals surface area (Å²) in [6.07, 6.45) is 0. The van der Waals surface area contributed by atoms with Crippen LogP contribution in [0.25, 0.3) is 0 Å². The number of rotatable bonds is 4. The Labute approximate surface area is 155 Å². The molecule has 0 aliphatic carbocycles. The van der Waals surface area contributed by atoms with Crippen LogP contribution in [0, 0.1) is 6.92 Å². The van der Waals surface area contributed by atoms with Crippen molar-refractivity contribution in [3.05, 3.63) is 44.3 Å². The number of benzene rings is 1. The summed E-state index contributed by atoms with van der Waals surface area (Å²) >= 11 is 13.6. The maximum absolute atomic E-state index is 12.8. The van der Waals surface area contributed by atoms with Crippen molar-refractivity contribution in [2.24, 2.45) is 0 Å². The molecule has 3 rings (SSSR count). The first-order chi connectivity index (χ1) is 11.4. The minimum Gasteiger partial charge on any atom is -0.295 e. The van der Waals surface area contributed by atoms with Crippen LogP contribution >= 0.6 is 34.5 Å². The fourth-order valence-electron chi connectivity index (χ4n) is 2.65. The second-order valence-electron chi connectivity index (χ2n) is 5.61. The summed E-state index contributed by atoms with van der Waals surface area (Å²) in [6, 6.07) is 4.50. The van der Waals surface area contributed by atoms with Crippen molar-refractivity contribution in [2.45, 2.75) is 18.4 Å². The van der Waals surface area contributed by atoms with Gasteiger partial charge >= 0.3 is 0 Å². The van der Waals surface area contributed by atoms with E-state index in [0.29, 0.717) is 31.2 Å². The Hall–Kier alpha value is -0.700. The third-order valence-corrected chi connectivity index (χ3v) is 7.33. The molecule has 1 fully saturated rings. The van der Waals surface area contributed by atoms with Gasteiger partial charge in [-0.15, -0.1) is 11.3 Å². The van der Waals surface area contributed by atoms with Crippen LogP contribution in [-0.4, -0.2) is 48.8 Å². The molecule has 1 aliphatic heterocycles. The van der Waals surface area contributed by atoms with E-state index in [1.54, 1.807) is 17.4 Å². The molecule has 0 atom stereocenters. The second-order valence-corrected chi connectivity index (χ2v) is 9.43. The standard InChI is InChI=1S/C15H17Cl2N3O2S2/c1-11-18-13(10-23-11)9-19-4-6-20(7-5-19)24(21,22)15-8-12(16)2-3-14(15)17/h2-3,8,10H,4-7,9H2,1H3. The van der Waals surface area contributed by atoms with Crippen LogP contribution < -0.4 is 0 Å². The van der Waals surface area contributed by atoms with E-state index in [1.807, 2.05) is 12.3 Å². The van der Waals surface area contributed by atoms with Crippen molar-refractivity contribution in [1.82, 2.24) is 14.2 Å². The Morgan fingerprint density at radius 1 is 1.21 bits per heavy atom. The smallest absolute Gasteiger partial charge is 0.244 e. The first kappa shape index (κ1) is 18.1. The minimum absolute atomic E-state index is 0.0697. The zero-order valence-corrected chi connectivity index (χ0v) is 16.2. The number of hydrogen-bond acceptors (Lipinski definition) is 5. The van der Waals surface area contributed by atoms with Crippen LogP contribution in [-0.2, 0) is 16.6 Å². The lowest BCUT2D eigenvalue weighted by molar-refractivity contribution is 0.180. The average molecular weight is 406 g/mol. The van der Waals surface area contributed by atoms with E-state index in [0.717, 1.165) is 17.2 Å². The molecule has 0 N–H and O–H groups in total. The number of sulfonamides is 1. The number of thiazole rings is 1. The zero-order chi connectivity index (χ0) is 17.3. The first-order valence-corrected chi connectivity index (χ1v) is 10.5. The lowest BCUT2D eigenvalue weighted by atomic mass is 10.3. The fourth-order valence-corrected chi connectivity index (χ4v) is 5.42. The van der Waals surface area contributed by atoms with Gasteiger partial charge in [-0.2, -0.15) is 4.31 Å². The average Bonchev–Trinajstić information content (AvgIpc) is 2.95. The van der Waals surface area contributed by atoms with E-state index in [4.69, 9.17) is 23.2 Å². The number of aryl methyl sites for hydroxylation is 1. The van der Waals surface area contributed by atoms with E-state index in [2.05, 4.69) is 9.88 Å². The van der Waals surface area contributed by atoms with Gasteiger partial charge in [0.05, 0.1) is 15.7 Å². The van der Waals surface area contributed by atoms with Crippen LogP contribution in [0.5, 0.6) is 0 Å². The van der Waals surface area contributed by atoms with Crippen molar-refractivity contribution in [1.29, 1.82) is 0 Å². The Morgan fingerprint density at radius 3 is 2.54 bits per heavy atom. The van der Waals surface area contributed by atoms with E-state index in [-0.39, 0.29) is 9.92 Å². The summed E-state index contributed by atoms with van der Waals surface area (Å²) in [5.41, 5.74) is 1.03. The summed E-state index contributed by atoms with van der Waals surface area (Å²) in [4.78, 5) is 6.73. The largest absolute Gasteiger partial charge is 0.295 e. The summed E-state index contributed by atoms with van der Waals surface area (Å²) in [6.45, 7) is 4.90. The van der Waals surface area contributed by atoms with Crippen LogP contribution in [0.4, 0.5) is 0 Å². The topological polar surface area (TPSA) is 53.5 Å². The highest BCUT2D eigenvalue weighted by Gasteiger charge is 2.30. The van der Waals surface area contributed by atoms with Crippen molar-refractivity contribution in [2.75, 3.05) is 26.2 Å². The van der Waals surface area contributed by atoms with E-state index >= 15 is 0 Å². The molecule has 0 spiro atoms. The van der Waals surface area contributed by atoms with Gasteiger partial charge in [0.1, 0.15) is 4.90 Å². The van der Waals surface area contributed by atoms with Crippen LogP contribution in [0.15, 0.2) is 28.5 Å². The molecule has 1 aromatic carbocycles. The van der Waals surface area contributed by atoms with Crippen molar-refractivity contribution in [3.8, 4) is 0 Å². The quantitative estimate of drug-likeness (QED) is 0.782. The van der Waals surface area contributed by atoms with Crippen molar-refractivity contribution >= 4 is 44.6 Å². The molecule has 0 radical (unpaired) electrons. The van der Waals surface area contributed by atoms with Gasteiger partial charge in [0.2, 0.25) is 10.0 Å². The molecule has 2 aromatic rings. The molecule has 0 amide bonds. The molecule has 9 heteroatoms. The summed E-state index contributed by atoms with van der Waals surface area (Å²) in [5, 5.41) is 3.64. The lowest BCUT2D eigenvalue weighted by Gasteiger charge is -2.33. The Morgan fingerprint density at radius 2 is 1.92 bits per heavy atom. The number of nitrogens with zero attached hydrogens (tertiary/aromatic N) is 3. The maximum atomic E-state index is 12.8. The third kappa shape index (κ3) is 3.92. The van der Waals surface area contributed by atoms with Gasteiger partial charge in [0, 0.05) is 43.1 Å². The molecular weight excluding hydrogens is 389 g/mol. The molecule has 130 valence electrons. The predicted octanol–water partition coefficient (Wildman–Crippen LogP) is 3.26. The highest BCUT2D eigenvalue weighted by atomic mass is 35.5. The summed E-state index contributed by atoms with van der Waals surface area (Å²) < 4.78 is 27.0. The number of aromatic nitrogens is 1. The third-order valence-electron chi connectivity index (χ3n) is 3.89. The van der Waals surface area contributed by atoms with E-state index < -0.39 is 10.0 Å². The van der Waals surface area contributed by atoms with Gasteiger partial charge in [-0.25, -0.2) is 13.4 Å². The first-order valence-electron chi connectivity index (χ1n) is 7.45. The second kappa shape index (κ2) is 7.27. The molecule has 0 bridgehead atoms. The highest BCUT2D eigenvalue weighted by Crippen LogP contribution is 2.28. The zero-order valence-electron chi connectivity index (χ0n) is 13.1. The monoisotopic (exact) mass is 405 g/mol. The van der Waals surface area contributed by atoms with Gasteiger partial charge in [-0.3, -0.25) is 4.90 Å². The normalized spacial score (nSPS) is 17.3. The molecule has 24 heavy (non-hydrogen) atoms. The van der Waals surface area contributed by atoms with Gasteiger partial charge < -0.3 is 0 Å². The summed E-state index contributed by atoms with van der Waals surface area (Å²) in [7, 11) is -3.63. The molecule has 1 aliphatic rings. The Kier molecular flexibility index (Phi) is 5.48. The maximum Gasteiger partial charge on any atom is 0.244 e. The minimum atomic E-state index is -3.63. The molecule has 0 unspecified atom stereocenters. The number of halogens is 2. The molecule has 1 aromatic heterocycles. The molecule has 2 heterocycles. The SMILES string of the molecule is Cc1nc(CN2CCN(S(=O)(=O)c3cc(Cl)ccc3Cl)CC2)cs1. The molecule has 1 saturated heterocycles. The fraction of sp³-hybridized carbons (Fsp3) is 0.400. The van der Waals surface area contributed by atoms with Gasteiger partial charge in [0.15, 0.2) is 0 Å². The van der Waals surface area contributed by atoms with E-state index in [9.17, 15) is 8.42 Å². The Bertz CT molecular complexity index is 831. The van der Waals surface area contributed by atoms with Crippen molar-refractivity contribution < 1.29 is 8.42 Å². The predicted molar refractivity (Wildman–Crippen MR) is 97.3 cm³/mol. The van der Waals surface area contributed by atoms with Gasteiger partial charge in [-0.1, -0.05) is 23.2 Å². The number of hydrogen-bond donors (Lipinski definition) is 0. The molecule has 0 saturated carbocycles. The summed E-state index contributed by atoms with van der Waals surface area (Å²) in [5.74, 6) is 0. The highest BCUT2D eigenvalue weighted by molar-refractivity contribution is 7.89. The van der Waals surface area contributed by atoms with Crippen LogP contribution in [0.1, 0.15) is 10.7 Å². The van der Waals surface area contributed by atoms with Gasteiger partial charge in [-0.05, 0) is 25.1 Å². The van der Waals surface area contributed by atoms with Crippen molar-refractivity contribution in [3.63, 3.8) is 0 Å². The van der Waals surface area contributed by atoms with Crippen LogP contribution in [0.2, 0.25) is 10.0 Å². The Balaban J connectivity index is 1.68. The number of piperazine rings is 1. The lowest BCUT2D eigenvalue weighted by Crippen LogP contribution is -2.48.